The molecular formula is C18H15N2+. The Labute approximate surface area is 116 Å². The number of nitrogens with zero attached hydrogens (tertiary/aromatic N) is 2. The van der Waals surface area contributed by atoms with Crippen LogP contribution >= 0.6 is 0 Å². The summed E-state index contributed by atoms with van der Waals surface area (Å²) in [5, 5.41) is 4.19. The van der Waals surface area contributed by atoms with Crippen molar-refractivity contribution < 1.29 is 4.57 Å². The summed E-state index contributed by atoms with van der Waals surface area (Å²) in [6.07, 6.45) is 4.41. The van der Waals surface area contributed by atoms with Crippen LogP contribution in [0.15, 0.2) is 42.7 Å². The summed E-state index contributed by atoms with van der Waals surface area (Å²) in [5.74, 6) is 0. The second-order valence-corrected chi connectivity index (χ2v) is 5.94. The van der Waals surface area contributed by atoms with E-state index in [-0.39, 0.29) is 0 Å². The van der Waals surface area contributed by atoms with Crippen LogP contribution in [-0.4, -0.2) is 4.40 Å². The molecule has 0 bridgehead atoms. The maximum atomic E-state index is 2.36. The van der Waals surface area contributed by atoms with E-state index in [4.69, 9.17) is 0 Å². The highest BCUT2D eigenvalue weighted by molar-refractivity contribution is 6.13. The van der Waals surface area contributed by atoms with Crippen LogP contribution in [0.25, 0.3) is 27.3 Å². The zero-order valence-corrected chi connectivity index (χ0v) is 11.6. The summed E-state index contributed by atoms with van der Waals surface area (Å²) >= 11 is 0. The highest BCUT2D eigenvalue weighted by Crippen LogP contribution is 2.35. The molecule has 0 spiro atoms. The van der Waals surface area contributed by atoms with E-state index in [1.54, 1.807) is 0 Å². The number of benzene rings is 2. The fourth-order valence-electron chi connectivity index (χ4n) is 3.89. The quantitative estimate of drug-likeness (QED) is 0.297. The molecule has 5 rings (SSSR count). The third-order valence-electron chi connectivity index (χ3n) is 4.59. The summed E-state index contributed by atoms with van der Waals surface area (Å²) in [5.41, 5.74) is 6.81. The minimum absolute atomic E-state index is 0.998. The van der Waals surface area contributed by atoms with Gasteiger partial charge < -0.3 is 0 Å². The average Bonchev–Trinajstić information content (AvgIpc) is 2.97. The Morgan fingerprint density at radius 1 is 1.10 bits per heavy atom. The molecule has 3 heterocycles. The van der Waals surface area contributed by atoms with Gasteiger partial charge >= 0.3 is 0 Å². The first-order valence-electron chi connectivity index (χ1n) is 7.09. The number of aryl methyl sites for hydroxylation is 2. The molecule has 0 aliphatic carbocycles. The van der Waals surface area contributed by atoms with Gasteiger partial charge in [0.15, 0.2) is 0 Å². The van der Waals surface area contributed by atoms with Gasteiger partial charge in [0, 0.05) is 16.3 Å². The van der Waals surface area contributed by atoms with Crippen LogP contribution in [-0.2, 0) is 6.54 Å². The van der Waals surface area contributed by atoms with Crippen molar-refractivity contribution in [2.24, 2.45) is 0 Å². The summed E-state index contributed by atoms with van der Waals surface area (Å²) < 4.78 is 4.72. The van der Waals surface area contributed by atoms with E-state index >= 15 is 0 Å². The highest BCUT2D eigenvalue weighted by atomic mass is 15.1. The Kier molecular flexibility index (Phi) is 1.67. The minimum Gasteiger partial charge on any atom is -0.225 e. The number of imidazole rings is 1. The van der Waals surface area contributed by atoms with Crippen molar-refractivity contribution in [2.45, 2.75) is 20.4 Å². The molecule has 1 aliphatic heterocycles. The fourth-order valence-corrected chi connectivity index (χ4v) is 3.89. The zero-order chi connectivity index (χ0) is 13.4. The van der Waals surface area contributed by atoms with Crippen molar-refractivity contribution in [3.63, 3.8) is 0 Å². The van der Waals surface area contributed by atoms with Gasteiger partial charge in [0.2, 0.25) is 0 Å². The molecule has 2 heteroatoms. The number of fused-ring (bicyclic) bond motifs is 3. The lowest BCUT2D eigenvalue weighted by atomic mass is 9.99. The van der Waals surface area contributed by atoms with E-state index in [2.05, 4.69) is 65.5 Å². The highest BCUT2D eigenvalue weighted by Gasteiger charge is 2.27. The normalized spacial score (nSPS) is 13.3. The molecule has 1 aliphatic rings. The first-order chi connectivity index (χ1) is 9.74. The molecule has 2 aromatic heterocycles. The van der Waals surface area contributed by atoms with E-state index in [0.717, 1.165) is 6.54 Å². The first-order valence-corrected chi connectivity index (χ1v) is 7.09. The smallest absolute Gasteiger partial charge is 0.225 e. The van der Waals surface area contributed by atoms with Crippen LogP contribution in [0.1, 0.15) is 16.7 Å². The third kappa shape index (κ3) is 1.05. The number of hydrogen-bond donors (Lipinski definition) is 0. The Morgan fingerprint density at radius 3 is 2.90 bits per heavy atom. The molecule has 2 aromatic carbocycles. The van der Waals surface area contributed by atoms with Gasteiger partial charge in [0.25, 0.3) is 5.65 Å². The topological polar surface area (TPSA) is 8.29 Å². The van der Waals surface area contributed by atoms with Gasteiger partial charge in [-0.3, -0.25) is 0 Å². The predicted octanol–water partition coefficient (Wildman–Crippen LogP) is 3.51. The van der Waals surface area contributed by atoms with E-state index in [9.17, 15) is 0 Å². The van der Waals surface area contributed by atoms with Crippen molar-refractivity contribution >= 4 is 27.3 Å². The van der Waals surface area contributed by atoms with Gasteiger partial charge in [-0.25, -0.2) is 4.57 Å². The van der Waals surface area contributed by atoms with Crippen LogP contribution in [0.5, 0.6) is 0 Å². The molecule has 20 heavy (non-hydrogen) atoms. The second kappa shape index (κ2) is 3.21. The largest absolute Gasteiger partial charge is 0.295 e. The predicted molar refractivity (Wildman–Crippen MR) is 81.2 cm³/mol. The van der Waals surface area contributed by atoms with Crippen LogP contribution < -0.4 is 4.57 Å². The van der Waals surface area contributed by atoms with E-state index in [1.165, 1.54) is 44.0 Å². The van der Waals surface area contributed by atoms with Crippen LogP contribution in [0.4, 0.5) is 0 Å². The zero-order valence-electron chi connectivity index (χ0n) is 11.6. The monoisotopic (exact) mass is 259 g/mol. The average molecular weight is 259 g/mol. The van der Waals surface area contributed by atoms with Gasteiger partial charge in [0.05, 0.1) is 5.39 Å². The van der Waals surface area contributed by atoms with Gasteiger partial charge in [-0.2, -0.15) is 4.40 Å². The molecule has 0 saturated heterocycles. The molecule has 0 radical (unpaired) electrons. The Bertz CT molecular complexity index is 1040. The van der Waals surface area contributed by atoms with Gasteiger partial charge in [-0.05, 0) is 31.0 Å². The SMILES string of the molecule is Cc1cc(C)c2c(c1)c1cccc3c1c1n2cc[n+]1C3. The Morgan fingerprint density at radius 2 is 2.00 bits per heavy atom. The number of pyridine rings is 1. The number of aromatic nitrogens is 2. The molecule has 4 aromatic rings. The lowest BCUT2D eigenvalue weighted by molar-refractivity contribution is -0.657. The number of rotatable bonds is 0. The van der Waals surface area contributed by atoms with Crippen molar-refractivity contribution in [3.05, 3.63) is 59.4 Å². The molecule has 0 unspecified atom stereocenters. The molecule has 96 valence electrons. The summed E-state index contributed by atoms with van der Waals surface area (Å²) in [6, 6.07) is 11.3. The molecule has 0 N–H and O–H groups in total. The van der Waals surface area contributed by atoms with E-state index in [0.29, 0.717) is 0 Å². The van der Waals surface area contributed by atoms with Crippen LogP contribution in [0, 0.1) is 13.8 Å². The maximum Gasteiger partial charge on any atom is 0.295 e. The van der Waals surface area contributed by atoms with E-state index < -0.39 is 0 Å². The van der Waals surface area contributed by atoms with Crippen LogP contribution in [0.3, 0.4) is 0 Å². The lowest BCUT2D eigenvalue weighted by Crippen LogP contribution is -2.28. The van der Waals surface area contributed by atoms with Crippen LogP contribution in [0.2, 0.25) is 0 Å². The van der Waals surface area contributed by atoms with Gasteiger partial charge in [0.1, 0.15) is 24.5 Å². The fraction of sp³-hybridized carbons (Fsp3) is 0.167. The molecule has 0 amide bonds. The molecule has 0 saturated carbocycles. The van der Waals surface area contributed by atoms with Gasteiger partial charge in [-0.15, -0.1) is 0 Å². The second-order valence-electron chi connectivity index (χ2n) is 5.94. The molecule has 0 atom stereocenters. The first kappa shape index (κ1) is 10.4. The molecule has 0 fully saturated rings. The lowest BCUT2D eigenvalue weighted by Gasteiger charge is -2.07. The van der Waals surface area contributed by atoms with Crippen molar-refractivity contribution in [1.29, 1.82) is 0 Å². The Balaban J connectivity index is 2.26. The third-order valence-corrected chi connectivity index (χ3v) is 4.59. The summed E-state index contributed by atoms with van der Waals surface area (Å²) in [4.78, 5) is 0. The molecule has 2 nitrogen and oxygen atoms in total. The van der Waals surface area contributed by atoms with Crippen molar-refractivity contribution in [3.8, 4) is 0 Å². The number of hydrogen-bond acceptors (Lipinski definition) is 0. The summed E-state index contributed by atoms with van der Waals surface area (Å²) in [7, 11) is 0. The Hall–Kier alpha value is -2.35. The molecular weight excluding hydrogens is 244 g/mol. The van der Waals surface area contributed by atoms with Crippen molar-refractivity contribution in [2.75, 3.05) is 0 Å². The minimum atomic E-state index is 0.998. The standard InChI is InChI=1S/C18H15N2/c1-11-8-12(2)17-15(9-11)14-5-3-4-13-10-19-6-7-20(17)18(19)16(13)14/h3-9H,10H2,1-2H3/q+1. The van der Waals surface area contributed by atoms with Gasteiger partial charge in [-0.1, -0.05) is 24.3 Å². The van der Waals surface area contributed by atoms with Crippen molar-refractivity contribution in [1.82, 2.24) is 4.40 Å². The maximum absolute atomic E-state index is 2.36. The van der Waals surface area contributed by atoms with E-state index in [1.807, 2.05) is 0 Å². The summed E-state index contributed by atoms with van der Waals surface area (Å²) in [6.45, 7) is 5.39.